The van der Waals surface area contributed by atoms with Gasteiger partial charge in [-0.3, -0.25) is 0 Å². The van der Waals surface area contributed by atoms with Crippen molar-refractivity contribution in [1.29, 1.82) is 0 Å². The van der Waals surface area contributed by atoms with Crippen LogP contribution in [0.3, 0.4) is 0 Å². The van der Waals surface area contributed by atoms with Gasteiger partial charge in [-0.05, 0) is 6.08 Å². The molecule has 2 aliphatic rings. The maximum Gasteiger partial charge on any atom is 0.148 e. The Balaban J connectivity index is 2.10. The Morgan fingerprint density at radius 3 is 3.22 bits per heavy atom. The topological polar surface area (TPSA) is 27.7 Å². The minimum absolute atomic E-state index is 0.134. The molecule has 0 aromatic carbocycles. The summed E-state index contributed by atoms with van der Waals surface area (Å²) < 4.78 is 15.3. The summed E-state index contributed by atoms with van der Waals surface area (Å²) >= 11 is 0. The zero-order valence-corrected chi connectivity index (χ0v) is 4.95. The van der Waals surface area contributed by atoms with E-state index in [9.17, 15) is 0 Å². The first kappa shape index (κ1) is 5.26. The number of hydrogen-bond acceptors (Lipinski definition) is 3. The SMILES string of the molecule is C1=CC2OCOC2CO1. The van der Waals surface area contributed by atoms with Gasteiger partial charge in [-0.15, -0.1) is 0 Å². The summed E-state index contributed by atoms with van der Waals surface area (Å²) in [6, 6.07) is 0. The fourth-order valence-corrected chi connectivity index (χ4v) is 1.01. The molecule has 9 heavy (non-hydrogen) atoms. The third-order valence-electron chi connectivity index (χ3n) is 1.53. The standard InChI is InChI=1S/C6H8O3/c1-2-7-3-6-5(1)8-4-9-6/h1-2,5-6H,3-4H2. The lowest BCUT2D eigenvalue weighted by atomic mass is 10.2. The van der Waals surface area contributed by atoms with Gasteiger partial charge in [0.1, 0.15) is 25.6 Å². The van der Waals surface area contributed by atoms with Crippen LogP contribution in [0, 0.1) is 0 Å². The lowest BCUT2D eigenvalue weighted by Crippen LogP contribution is -2.28. The molecule has 0 aromatic rings. The summed E-state index contributed by atoms with van der Waals surface area (Å²) in [6.07, 6.45) is 3.81. The molecule has 0 saturated carbocycles. The average Bonchev–Trinajstić information content (AvgIpc) is 2.33. The first-order valence-electron chi connectivity index (χ1n) is 2.98. The molecule has 0 spiro atoms. The van der Waals surface area contributed by atoms with Crippen molar-refractivity contribution in [1.82, 2.24) is 0 Å². The van der Waals surface area contributed by atoms with Crippen LogP contribution in [0.2, 0.25) is 0 Å². The van der Waals surface area contributed by atoms with Gasteiger partial charge in [-0.1, -0.05) is 0 Å². The molecule has 0 bridgehead atoms. The van der Waals surface area contributed by atoms with Crippen LogP contribution in [-0.2, 0) is 14.2 Å². The molecule has 50 valence electrons. The van der Waals surface area contributed by atoms with Crippen LogP contribution in [-0.4, -0.2) is 25.6 Å². The molecule has 3 heteroatoms. The van der Waals surface area contributed by atoms with Crippen molar-refractivity contribution in [3.05, 3.63) is 12.3 Å². The second kappa shape index (κ2) is 2.01. The highest BCUT2D eigenvalue weighted by molar-refractivity contribution is 4.95. The zero-order valence-electron chi connectivity index (χ0n) is 4.95. The summed E-state index contributed by atoms with van der Waals surface area (Å²) in [5, 5.41) is 0. The molecule has 1 fully saturated rings. The Labute approximate surface area is 53.2 Å². The van der Waals surface area contributed by atoms with Crippen molar-refractivity contribution < 1.29 is 14.2 Å². The van der Waals surface area contributed by atoms with E-state index in [0.29, 0.717) is 13.4 Å². The second-order valence-corrected chi connectivity index (χ2v) is 2.12. The molecule has 2 atom stereocenters. The van der Waals surface area contributed by atoms with Crippen molar-refractivity contribution in [2.45, 2.75) is 12.2 Å². The molecule has 0 radical (unpaired) electrons. The molecular weight excluding hydrogens is 120 g/mol. The molecule has 2 unspecified atom stereocenters. The van der Waals surface area contributed by atoms with E-state index >= 15 is 0 Å². The summed E-state index contributed by atoms with van der Waals surface area (Å²) in [6.45, 7) is 1.03. The van der Waals surface area contributed by atoms with Crippen molar-refractivity contribution in [3.8, 4) is 0 Å². The molecule has 0 N–H and O–H groups in total. The van der Waals surface area contributed by atoms with E-state index in [-0.39, 0.29) is 12.2 Å². The highest BCUT2D eigenvalue weighted by Crippen LogP contribution is 2.17. The van der Waals surface area contributed by atoms with E-state index in [4.69, 9.17) is 14.2 Å². The summed E-state index contributed by atoms with van der Waals surface area (Å²) in [5.41, 5.74) is 0. The van der Waals surface area contributed by atoms with E-state index in [1.165, 1.54) is 0 Å². The monoisotopic (exact) mass is 128 g/mol. The Morgan fingerprint density at radius 1 is 1.33 bits per heavy atom. The van der Waals surface area contributed by atoms with Gasteiger partial charge in [0.15, 0.2) is 0 Å². The van der Waals surface area contributed by atoms with E-state index in [0.717, 1.165) is 0 Å². The Kier molecular flexibility index (Phi) is 1.17. The van der Waals surface area contributed by atoms with Crippen molar-refractivity contribution >= 4 is 0 Å². The van der Waals surface area contributed by atoms with Crippen LogP contribution < -0.4 is 0 Å². The largest absolute Gasteiger partial charge is 0.499 e. The molecule has 3 nitrogen and oxygen atoms in total. The van der Waals surface area contributed by atoms with E-state index in [1.807, 2.05) is 6.08 Å². The average molecular weight is 128 g/mol. The molecule has 2 aliphatic heterocycles. The lowest BCUT2D eigenvalue weighted by molar-refractivity contribution is 0.0254. The number of fused-ring (bicyclic) bond motifs is 1. The van der Waals surface area contributed by atoms with Crippen LogP contribution >= 0.6 is 0 Å². The highest BCUT2D eigenvalue weighted by Gasteiger charge is 2.29. The summed E-state index contributed by atoms with van der Waals surface area (Å²) in [7, 11) is 0. The molecule has 2 rings (SSSR count). The highest BCUT2D eigenvalue weighted by atomic mass is 16.7. The van der Waals surface area contributed by atoms with E-state index < -0.39 is 0 Å². The maximum atomic E-state index is 5.17. The van der Waals surface area contributed by atoms with E-state index in [2.05, 4.69) is 0 Å². The number of hydrogen-bond donors (Lipinski definition) is 0. The molecular formula is C6H8O3. The van der Waals surface area contributed by atoms with Crippen LogP contribution in [0.4, 0.5) is 0 Å². The minimum atomic E-state index is 0.134. The lowest BCUT2D eigenvalue weighted by Gasteiger charge is -2.16. The van der Waals surface area contributed by atoms with Crippen LogP contribution in [0.5, 0.6) is 0 Å². The van der Waals surface area contributed by atoms with Crippen molar-refractivity contribution in [2.24, 2.45) is 0 Å². The predicted molar refractivity (Wildman–Crippen MR) is 29.7 cm³/mol. The third-order valence-corrected chi connectivity index (χ3v) is 1.53. The molecule has 1 saturated heterocycles. The van der Waals surface area contributed by atoms with Gasteiger partial charge in [0, 0.05) is 0 Å². The summed E-state index contributed by atoms with van der Waals surface area (Å²) in [4.78, 5) is 0. The Bertz CT molecular complexity index is 132. The number of rotatable bonds is 0. The van der Waals surface area contributed by atoms with Crippen LogP contribution in [0.15, 0.2) is 12.3 Å². The smallest absolute Gasteiger partial charge is 0.148 e. The fourth-order valence-electron chi connectivity index (χ4n) is 1.01. The molecule has 0 amide bonds. The van der Waals surface area contributed by atoms with Gasteiger partial charge in [0.05, 0.1) is 6.26 Å². The van der Waals surface area contributed by atoms with Crippen LogP contribution in [0.1, 0.15) is 0 Å². The zero-order chi connectivity index (χ0) is 6.10. The summed E-state index contributed by atoms with van der Waals surface area (Å²) in [5.74, 6) is 0. The predicted octanol–water partition coefficient (Wildman–Crippen LogP) is 0.272. The first-order chi connectivity index (χ1) is 4.47. The number of ether oxygens (including phenoxy) is 3. The van der Waals surface area contributed by atoms with Crippen molar-refractivity contribution in [3.63, 3.8) is 0 Å². The third kappa shape index (κ3) is 0.821. The van der Waals surface area contributed by atoms with Gasteiger partial charge in [-0.25, -0.2) is 0 Å². The normalized spacial score (nSPS) is 40.0. The van der Waals surface area contributed by atoms with Crippen LogP contribution in [0.25, 0.3) is 0 Å². The second-order valence-electron chi connectivity index (χ2n) is 2.12. The van der Waals surface area contributed by atoms with E-state index in [1.54, 1.807) is 6.26 Å². The fraction of sp³-hybridized carbons (Fsp3) is 0.667. The van der Waals surface area contributed by atoms with Gasteiger partial charge >= 0.3 is 0 Å². The quantitative estimate of drug-likeness (QED) is 0.468. The van der Waals surface area contributed by atoms with Crippen molar-refractivity contribution in [2.75, 3.05) is 13.4 Å². The van der Waals surface area contributed by atoms with Gasteiger partial charge < -0.3 is 14.2 Å². The first-order valence-corrected chi connectivity index (χ1v) is 2.98. The van der Waals surface area contributed by atoms with Gasteiger partial charge in [0.2, 0.25) is 0 Å². The van der Waals surface area contributed by atoms with Gasteiger partial charge in [0.25, 0.3) is 0 Å². The molecule has 0 aromatic heterocycles. The maximum absolute atomic E-state index is 5.17. The molecule has 0 aliphatic carbocycles. The molecule has 2 heterocycles. The minimum Gasteiger partial charge on any atom is -0.499 e. The Hall–Kier alpha value is -0.540. The van der Waals surface area contributed by atoms with Gasteiger partial charge in [-0.2, -0.15) is 0 Å². The Morgan fingerprint density at radius 2 is 2.33 bits per heavy atom.